The van der Waals surface area contributed by atoms with E-state index < -0.39 is 0 Å². The van der Waals surface area contributed by atoms with Gasteiger partial charge in [-0.15, -0.1) is 0 Å². The third-order valence-electron chi connectivity index (χ3n) is 6.80. The van der Waals surface area contributed by atoms with E-state index in [2.05, 4.69) is 22.1 Å². The molecule has 0 saturated carbocycles. The fraction of sp³-hybridized carbons (Fsp3) is 0.500. The summed E-state index contributed by atoms with van der Waals surface area (Å²) >= 11 is 6.42. The summed E-state index contributed by atoms with van der Waals surface area (Å²) in [5, 5.41) is 3.57. The predicted molar refractivity (Wildman–Crippen MR) is 133 cm³/mol. The van der Waals surface area contributed by atoms with Gasteiger partial charge in [0.1, 0.15) is 0 Å². The molecule has 2 atom stereocenters. The van der Waals surface area contributed by atoms with E-state index in [1.54, 1.807) is 18.3 Å². The number of hydrogen-bond acceptors (Lipinski definition) is 5. The molecule has 4 rings (SSSR count). The second kappa shape index (κ2) is 10.8. The fourth-order valence-corrected chi connectivity index (χ4v) is 4.98. The third kappa shape index (κ3) is 5.77. The van der Waals surface area contributed by atoms with E-state index in [4.69, 9.17) is 16.3 Å². The van der Waals surface area contributed by atoms with Crippen molar-refractivity contribution in [2.75, 3.05) is 38.2 Å². The topological polar surface area (TPSA) is 74.8 Å². The molecule has 182 valence electrons. The van der Waals surface area contributed by atoms with Gasteiger partial charge in [0.15, 0.2) is 0 Å². The number of aryl methyl sites for hydroxylation is 1. The number of amides is 2. The molecule has 7 nitrogen and oxygen atoms in total. The molecule has 0 unspecified atom stereocenters. The average molecular weight is 485 g/mol. The van der Waals surface area contributed by atoms with Crippen LogP contribution in [0.4, 0.5) is 5.69 Å². The maximum absolute atomic E-state index is 13.0. The predicted octanol–water partition coefficient (Wildman–Crippen LogP) is 4.06. The van der Waals surface area contributed by atoms with Crippen LogP contribution in [0.2, 0.25) is 5.02 Å². The van der Waals surface area contributed by atoms with Crippen LogP contribution in [0.15, 0.2) is 30.5 Å². The van der Waals surface area contributed by atoms with Crippen LogP contribution in [-0.4, -0.2) is 65.5 Å². The number of ether oxygens (including phenoxy) is 1. The number of piperazine rings is 1. The summed E-state index contributed by atoms with van der Waals surface area (Å²) < 4.78 is 5.52. The standard InChI is InChI=1S/C26H33ClN4O3/c1-17-6-7-20(13-28-17)25(32)29-24-12-23(27)11-22(19(24)3)15-30-8-9-31(18(2)14-30)26(33)21-5-4-10-34-16-21/h6-7,11-13,18,21H,4-5,8-10,14-16H2,1-3H3,(H,29,32)/t18-,21-/m0/s1. The summed E-state index contributed by atoms with van der Waals surface area (Å²) in [6.45, 7) is 10.3. The van der Waals surface area contributed by atoms with Crippen LogP contribution in [-0.2, 0) is 16.1 Å². The lowest BCUT2D eigenvalue weighted by Crippen LogP contribution is -2.55. The van der Waals surface area contributed by atoms with Crippen LogP contribution < -0.4 is 5.32 Å². The lowest BCUT2D eigenvalue weighted by atomic mass is 9.99. The van der Waals surface area contributed by atoms with Crippen LogP contribution in [0.1, 0.15) is 46.9 Å². The van der Waals surface area contributed by atoms with E-state index >= 15 is 0 Å². The minimum Gasteiger partial charge on any atom is -0.381 e. The Kier molecular flexibility index (Phi) is 7.86. The first-order valence-electron chi connectivity index (χ1n) is 12.0. The van der Waals surface area contributed by atoms with Gasteiger partial charge in [-0.2, -0.15) is 0 Å². The SMILES string of the molecule is Cc1ccc(C(=O)Nc2cc(Cl)cc(CN3CCN(C(=O)[C@H]4CCCOC4)[C@@H](C)C3)c2C)cn1. The Bertz CT molecular complexity index is 1040. The van der Waals surface area contributed by atoms with Gasteiger partial charge in [-0.05, 0) is 69.0 Å². The molecule has 8 heteroatoms. The van der Waals surface area contributed by atoms with E-state index in [1.807, 2.05) is 30.9 Å². The van der Waals surface area contributed by atoms with Gasteiger partial charge in [0, 0.05) is 61.4 Å². The molecule has 2 aliphatic rings. The zero-order valence-electron chi connectivity index (χ0n) is 20.1. The number of aromatic nitrogens is 1. The van der Waals surface area contributed by atoms with Gasteiger partial charge >= 0.3 is 0 Å². The highest BCUT2D eigenvalue weighted by atomic mass is 35.5. The van der Waals surface area contributed by atoms with E-state index in [0.29, 0.717) is 36.0 Å². The Morgan fingerprint density at radius 3 is 2.74 bits per heavy atom. The van der Waals surface area contributed by atoms with E-state index in [-0.39, 0.29) is 23.8 Å². The molecule has 0 radical (unpaired) electrons. The zero-order valence-corrected chi connectivity index (χ0v) is 20.9. The van der Waals surface area contributed by atoms with Gasteiger partial charge in [-0.3, -0.25) is 19.5 Å². The van der Waals surface area contributed by atoms with Crippen molar-refractivity contribution in [3.8, 4) is 0 Å². The maximum Gasteiger partial charge on any atom is 0.257 e. The minimum absolute atomic E-state index is 0.00664. The lowest BCUT2D eigenvalue weighted by molar-refractivity contribution is -0.144. The highest BCUT2D eigenvalue weighted by Gasteiger charge is 2.33. The number of carbonyl (C=O) groups is 2. The largest absolute Gasteiger partial charge is 0.381 e. The van der Waals surface area contributed by atoms with Crippen molar-refractivity contribution in [2.24, 2.45) is 5.92 Å². The monoisotopic (exact) mass is 484 g/mol. The highest BCUT2D eigenvalue weighted by molar-refractivity contribution is 6.31. The number of nitrogens with zero attached hydrogens (tertiary/aromatic N) is 3. The summed E-state index contributed by atoms with van der Waals surface area (Å²) in [6, 6.07) is 7.46. The fourth-order valence-electron chi connectivity index (χ4n) is 4.74. The van der Waals surface area contributed by atoms with Gasteiger partial charge in [0.2, 0.25) is 5.91 Å². The van der Waals surface area contributed by atoms with Crippen LogP contribution in [0.5, 0.6) is 0 Å². The zero-order chi connectivity index (χ0) is 24.2. The molecule has 34 heavy (non-hydrogen) atoms. The van der Waals surface area contributed by atoms with E-state index in [9.17, 15) is 9.59 Å². The molecule has 2 fully saturated rings. The van der Waals surface area contributed by atoms with E-state index in [0.717, 1.165) is 49.4 Å². The van der Waals surface area contributed by atoms with E-state index in [1.165, 1.54) is 0 Å². The Balaban J connectivity index is 1.41. The first-order chi connectivity index (χ1) is 16.3. The molecule has 3 heterocycles. The molecule has 0 aliphatic carbocycles. The quantitative estimate of drug-likeness (QED) is 0.692. The molecule has 1 aromatic heterocycles. The molecule has 0 bridgehead atoms. The Morgan fingerprint density at radius 1 is 1.24 bits per heavy atom. The Hall–Kier alpha value is -2.48. The first-order valence-corrected chi connectivity index (χ1v) is 12.3. The number of anilines is 1. The van der Waals surface area contributed by atoms with Crippen LogP contribution in [0, 0.1) is 19.8 Å². The van der Waals surface area contributed by atoms with Crippen molar-refractivity contribution in [3.63, 3.8) is 0 Å². The smallest absolute Gasteiger partial charge is 0.257 e. The Morgan fingerprint density at radius 2 is 2.06 bits per heavy atom. The van der Waals surface area contributed by atoms with Crippen LogP contribution in [0.25, 0.3) is 0 Å². The number of pyridine rings is 1. The molecular formula is C26H33ClN4O3. The summed E-state index contributed by atoms with van der Waals surface area (Å²) in [5.41, 5.74) is 4.12. The molecule has 2 aliphatic heterocycles. The molecule has 2 amide bonds. The van der Waals surface area contributed by atoms with Crippen molar-refractivity contribution in [1.82, 2.24) is 14.8 Å². The molecule has 2 saturated heterocycles. The average Bonchev–Trinajstić information content (AvgIpc) is 2.82. The van der Waals surface area contributed by atoms with Gasteiger partial charge in [-0.1, -0.05) is 11.6 Å². The molecule has 0 spiro atoms. The second-order valence-corrected chi connectivity index (χ2v) is 9.85. The molecule has 1 aromatic carbocycles. The second-order valence-electron chi connectivity index (χ2n) is 9.41. The lowest BCUT2D eigenvalue weighted by Gasteiger charge is -2.42. The first kappa shape index (κ1) is 24.6. The van der Waals surface area contributed by atoms with Gasteiger partial charge in [0.25, 0.3) is 5.91 Å². The molecular weight excluding hydrogens is 452 g/mol. The maximum atomic E-state index is 13.0. The van der Waals surface area contributed by atoms with Crippen molar-refractivity contribution in [2.45, 2.75) is 46.2 Å². The number of carbonyl (C=O) groups excluding carboxylic acids is 2. The minimum atomic E-state index is -0.212. The Labute approximate surface area is 206 Å². The highest BCUT2D eigenvalue weighted by Crippen LogP contribution is 2.28. The van der Waals surface area contributed by atoms with Crippen molar-refractivity contribution in [1.29, 1.82) is 0 Å². The van der Waals surface area contributed by atoms with Crippen LogP contribution in [0.3, 0.4) is 0 Å². The number of hydrogen-bond donors (Lipinski definition) is 1. The van der Waals surface area contributed by atoms with Gasteiger partial charge < -0.3 is 15.0 Å². The summed E-state index contributed by atoms with van der Waals surface area (Å²) in [5.74, 6) is 0.00506. The summed E-state index contributed by atoms with van der Waals surface area (Å²) in [4.78, 5) is 34.3. The third-order valence-corrected chi connectivity index (χ3v) is 7.02. The summed E-state index contributed by atoms with van der Waals surface area (Å²) in [7, 11) is 0. The van der Waals surface area contributed by atoms with Gasteiger partial charge in [0.05, 0.1) is 18.1 Å². The molecule has 1 N–H and O–H groups in total. The van der Waals surface area contributed by atoms with Crippen molar-refractivity contribution < 1.29 is 14.3 Å². The number of halogens is 1. The summed E-state index contributed by atoms with van der Waals surface area (Å²) in [6.07, 6.45) is 3.45. The molecule has 2 aromatic rings. The number of rotatable bonds is 5. The van der Waals surface area contributed by atoms with Crippen LogP contribution >= 0.6 is 11.6 Å². The van der Waals surface area contributed by atoms with Crippen molar-refractivity contribution >= 4 is 29.1 Å². The number of nitrogens with one attached hydrogen (secondary N) is 1. The van der Waals surface area contributed by atoms with Crippen molar-refractivity contribution in [3.05, 3.63) is 57.9 Å². The van der Waals surface area contributed by atoms with Gasteiger partial charge in [-0.25, -0.2) is 0 Å². The normalized spacial score (nSPS) is 21.4. The number of benzene rings is 1.